The number of hydrogen-bond donors (Lipinski definition) is 1. The molecule has 1 aliphatic rings. The summed E-state index contributed by atoms with van der Waals surface area (Å²) in [5, 5.41) is 9.92. The number of aliphatic hydroxyl groups excluding tert-OH is 1. The van der Waals surface area contributed by atoms with E-state index in [9.17, 15) is 9.50 Å². The standard InChI is InChI=1S/C23H22ClFN2O2/c24-20-15-18(25)9-10-19(20)21-7-4-8-22(26-21)27-13-11-23(12-14-28,29-16-27)17-5-2-1-3-6-17/h1-10,15,28H,11-14,16H2. The molecule has 1 N–H and O–H groups in total. The van der Waals surface area contributed by atoms with E-state index in [1.54, 1.807) is 6.07 Å². The van der Waals surface area contributed by atoms with Gasteiger partial charge >= 0.3 is 0 Å². The molecule has 1 aliphatic heterocycles. The Labute approximate surface area is 174 Å². The summed E-state index contributed by atoms with van der Waals surface area (Å²) in [7, 11) is 0. The Morgan fingerprint density at radius 2 is 1.93 bits per heavy atom. The van der Waals surface area contributed by atoms with Crippen LogP contribution < -0.4 is 4.90 Å². The zero-order valence-electron chi connectivity index (χ0n) is 15.9. The molecule has 150 valence electrons. The van der Waals surface area contributed by atoms with Crippen molar-refractivity contribution in [3.8, 4) is 11.3 Å². The summed E-state index contributed by atoms with van der Waals surface area (Å²) in [5.74, 6) is 0.397. The fourth-order valence-corrected chi connectivity index (χ4v) is 4.04. The first kappa shape index (κ1) is 19.8. The van der Waals surface area contributed by atoms with Crippen molar-refractivity contribution in [2.75, 3.05) is 24.8 Å². The molecule has 3 aromatic rings. The van der Waals surface area contributed by atoms with Crippen LogP contribution in [0.3, 0.4) is 0 Å². The van der Waals surface area contributed by atoms with Gasteiger partial charge in [0.2, 0.25) is 0 Å². The molecule has 4 nitrogen and oxygen atoms in total. The molecule has 29 heavy (non-hydrogen) atoms. The van der Waals surface area contributed by atoms with Crippen LogP contribution in [-0.2, 0) is 10.3 Å². The highest BCUT2D eigenvalue weighted by Gasteiger charge is 2.37. The number of aliphatic hydroxyl groups is 1. The minimum atomic E-state index is -0.496. The summed E-state index contributed by atoms with van der Waals surface area (Å²) >= 11 is 6.20. The predicted octanol–water partition coefficient (Wildman–Crippen LogP) is 5.00. The summed E-state index contributed by atoms with van der Waals surface area (Å²) in [6.07, 6.45) is 1.28. The number of pyridine rings is 1. The number of hydrogen-bond acceptors (Lipinski definition) is 4. The molecule has 1 saturated heterocycles. The molecular formula is C23H22ClFN2O2. The van der Waals surface area contributed by atoms with Gasteiger partial charge in [0.15, 0.2) is 0 Å². The quantitative estimate of drug-likeness (QED) is 0.640. The molecule has 2 heterocycles. The molecule has 1 atom stereocenters. The van der Waals surface area contributed by atoms with Gasteiger partial charge in [0.1, 0.15) is 18.4 Å². The highest BCUT2D eigenvalue weighted by atomic mass is 35.5. The van der Waals surface area contributed by atoms with Crippen LogP contribution in [0.4, 0.5) is 10.2 Å². The second kappa shape index (κ2) is 8.49. The number of aromatic nitrogens is 1. The second-order valence-electron chi connectivity index (χ2n) is 7.13. The van der Waals surface area contributed by atoms with Crippen LogP contribution in [0.1, 0.15) is 18.4 Å². The Morgan fingerprint density at radius 3 is 2.62 bits per heavy atom. The lowest BCUT2D eigenvalue weighted by Gasteiger charge is -2.42. The van der Waals surface area contributed by atoms with Crippen molar-refractivity contribution in [1.82, 2.24) is 4.98 Å². The number of anilines is 1. The minimum Gasteiger partial charge on any atom is -0.396 e. The first-order valence-electron chi connectivity index (χ1n) is 9.59. The van der Waals surface area contributed by atoms with E-state index in [1.165, 1.54) is 12.1 Å². The van der Waals surface area contributed by atoms with Gasteiger partial charge in [0.25, 0.3) is 0 Å². The van der Waals surface area contributed by atoms with Crippen LogP contribution in [0.2, 0.25) is 5.02 Å². The Morgan fingerprint density at radius 1 is 1.10 bits per heavy atom. The van der Waals surface area contributed by atoms with E-state index in [0.29, 0.717) is 29.4 Å². The molecule has 2 aromatic carbocycles. The lowest BCUT2D eigenvalue weighted by atomic mass is 9.86. The van der Waals surface area contributed by atoms with E-state index >= 15 is 0 Å². The summed E-state index contributed by atoms with van der Waals surface area (Å²) in [4.78, 5) is 6.77. The van der Waals surface area contributed by atoms with Gasteiger partial charge < -0.3 is 14.7 Å². The predicted molar refractivity (Wildman–Crippen MR) is 112 cm³/mol. The number of halogens is 2. The van der Waals surface area contributed by atoms with Crippen LogP contribution in [0.25, 0.3) is 11.3 Å². The lowest BCUT2D eigenvalue weighted by Crippen LogP contribution is -2.45. The molecule has 0 spiro atoms. The van der Waals surface area contributed by atoms with E-state index in [1.807, 2.05) is 48.5 Å². The van der Waals surface area contributed by atoms with Gasteiger partial charge in [0.05, 0.1) is 16.3 Å². The molecular weight excluding hydrogens is 391 g/mol. The third-order valence-corrected chi connectivity index (χ3v) is 5.68. The highest BCUT2D eigenvalue weighted by molar-refractivity contribution is 6.33. The normalized spacial score (nSPS) is 19.3. The van der Waals surface area contributed by atoms with E-state index in [4.69, 9.17) is 21.3 Å². The Hall–Kier alpha value is -2.47. The van der Waals surface area contributed by atoms with Crippen molar-refractivity contribution < 1.29 is 14.2 Å². The van der Waals surface area contributed by atoms with Crippen molar-refractivity contribution >= 4 is 17.4 Å². The fourth-order valence-electron chi connectivity index (χ4n) is 3.77. The molecule has 4 rings (SSSR count). The van der Waals surface area contributed by atoms with Gasteiger partial charge in [-0.05, 0) is 42.3 Å². The molecule has 0 bridgehead atoms. The van der Waals surface area contributed by atoms with Gasteiger partial charge in [-0.2, -0.15) is 0 Å². The van der Waals surface area contributed by atoms with E-state index in [0.717, 1.165) is 24.3 Å². The molecule has 0 amide bonds. The van der Waals surface area contributed by atoms with Gasteiger partial charge in [-0.3, -0.25) is 0 Å². The van der Waals surface area contributed by atoms with Gasteiger partial charge in [-0.25, -0.2) is 9.37 Å². The average Bonchev–Trinajstić information content (AvgIpc) is 2.75. The van der Waals surface area contributed by atoms with E-state index in [-0.39, 0.29) is 12.4 Å². The van der Waals surface area contributed by atoms with Crippen molar-refractivity contribution in [3.05, 3.63) is 83.1 Å². The second-order valence-corrected chi connectivity index (χ2v) is 7.53. The number of ether oxygens (including phenoxy) is 1. The molecule has 1 aromatic heterocycles. The number of benzene rings is 2. The largest absolute Gasteiger partial charge is 0.396 e. The average molecular weight is 413 g/mol. The van der Waals surface area contributed by atoms with Gasteiger partial charge in [0, 0.05) is 25.1 Å². The highest BCUT2D eigenvalue weighted by Crippen LogP contribution is 2.37. The van der Waals surface area contributed by atoms with Crippen LogP contribution >= 0.6 is 11.6 Å². The van der Waals surface area contributed by atoms with Crippen molar-refractivity contribution in [3.63, 3.8) is 0 Å². The van der Waals surface area contributed by atoms with Crippen LogP contribution in [0.15, 0.2) is 66.7 Å². The topological polar surface area (TPSA) is 45.6 Å². The van der Waals surface area contributed by atoms with Crippen molar-refractivity contribution in [2.24, 2.45) is 0 Å². The van der Waals surface area contributed by atoms with Crippen molar-refractivity contribution in [1.29, 1.82) is 0 Å². The van der Waals surface area contributed by atoms with Crippen molar-refractivity contribution in [2.45, 2.75) is 18.4 Å². The zero-order valence-corrected chi connectivity index (χ0v) is 16.6. The number of rotatable bonds is 5. The molecule has 0 aliphatic carbocycles. The van der Waals surface area contributed by atoms with E-state index < -0.39 is 5.60 Å². The number of nitrogens with zero attached hydrogens (tertiary/aromatic N) is 2. The maximum absolute atomic E-state index is 13.4. The Balaban J connectivity index is 1.56. The monoisotopic (exact) mass is 412 g/mol. The Kier molecular flexibility index (Phi) is 5.81. The first-order valence-corrected chi connectivity index (χ1v) is 9.97. The molecule has 0 saturated carbocycles. The van der Waals surface area contributed by atoms with Crippen LogP contribution in [0, 0.1) is 5.82 Å². The molecule has 0 radical (unpaired) electrons. The molecule has 1 fully saturated rings. The minimum absolute atomic E-state index is 0.0612. The van der Waals surface area contributed by atoms with Gasteiger partial charge in [-0.15, -0.1) is 0 Å². The third kappa shape index (κ3) is 4.13. The van der Waals surface area contributed by atoms with Gasteiger partial charge in [-0.1, -0.05) is 48.0 Å². The summed E-state index contributed by atoms with van der Waals surface area (Å²) in [5.41, 5.74) is 1.95. The SMILES string of the molecule is OCCC1(c2ccccc2)CCN(c2cccc(-c3ccc(F)cc3Cl)n2)CO1. The third-order valence-electron chi connectivity index (χ3n) is 5.36. The lowest BCUT2D eigenvalue weighted by molar-refractivity contribution is -0.0891. The maximum atomic E-state index is 13.4. The maximum Gasteiger partial charge on any atom is 0.131 e. The fraction of sp³-hybridized carbons (Fsp3) is 0.261. The molecule has 6 heteroatoms. The molecule has 1 unspecified atom stereocenters. The van der Waals surface area contributed by atoms with Crippen LogP contribution in [-0.4, -0.2) is 30.0 Å². The summed E-state index contributed by atoms with van der Waals surface area (Å²) in [6.45, 7) is 1.16. The first-order chi connectivity index (χ1) is 14.1. The summed E-state index contributed by atoms with van der Waals surface area (Å²) < 4.78 is 19.7. The summed E-state index contributed by atoms with van der Waals surface area (Å²) in [6, 6.07) is 20.0. The smallest absolute Gasteiger partial charge is 0.131 e. The zero-order chi connectivity index (χ0) is 20.3. The Bertz CT molecular complexity index is 976. The van der Waals surface area contributed by atoms with Crippen LogP contribution in [0.5, 0.6) is 0 Å². The van der Waals surface area contributed by atoms with E-state index in [2.05, 4.69) is 4.90 Å².